The van der Waals surface area contributed by atoms with Gasteiger partial charge in [-0.1, -0.05) is 17.7 Å². The SMILES string of the molecule is Oc1ccc(CNCc2cc(Br)cs2)cc1Cl. The Morgan fingerprint density at radius 1 is 1.29 bits per heavy atom. The van der Waals surface area contributed by atoms with E-state index in [0.29, 0.717) is 5.02 Å². The fourth-order valence-electron chi connectivity index (χ4n) is 1.44. The fraction of sp³-hybridized carbons (Fsp3) is 0.167. The van der Waals surface area contributed by atoms with Crippen molar-refractivity contribution in [3.8, 4) is 5.75 Å². The van der Waals surface area contributed by atoms with E-state index in [1.165, 1.54) is 4.88 Å². The van der Waals surface area contributed by atoms with Crippen molar-refractivity contribution in [2.45, 2.75) is 13.1 Å². The molecule has 2 N–H and O–H groups in total. The molecule has 5 heteroatoms. The first kappa shape index (κ1) is 12.9. The lowest BCUT2D eigenvalue weighted by Gasteiger charge is -2.04. The molecule has 2 aromatic rings. The third kappa shape index (κ3) is 3.71. The fourth-order valence-corrected chi connectivity index (χ4v) is 3.06. The van der Waals surface area contributed by atoms with E-state index in [1.807, 2.05) is 6.07 Å². The predicted octanol–water partition coefficient (Wildman–Crippen LogP) is 4.16. The van der Waals surface area contributed by atoms with E-state index in [2.05, 4.69) is 32.7 Å². The lowest BCUT2D eigenvalue weighted by atomic mass is 10.2. The van der Waals surface area contributed by atoms with Gasteiger partial charge in [-0.25, -0.2) is 0 Å². The molecule has 0 aliphatic carbocycles. The van der Waals surface area contributed by atoms with Crippen molar-refractivity contribution in [3.63, 3.8) is 0 Å². The van der Waals surface area contributed by atoms with Gasteiger partial charge in [-0.05, 0) is 39.7 Å². The number of aromatic hydroxyl groups is 1. The Morgan fingerprint density at radius 3 is 2.76 bits per heavy atom. The predicted molar refractivity (Wildman–Crippen MR) is 75.7 cm³/mol. The molecule has 0 saturated carbocycles. The minimum absolute atomic E-state index is 0.123. The number of hydrogen-bond donors (Lipinski definition) is 2. The number of thiophene rings is 1. The summed E-state index contributed by atoms with van der Waals surface area (Å²) in [5.74, 6) is 0.123. The van der Waals surface area contributed by atoms with Crippen molar-refractivity contribution in [3.05, 3.63) is 49.6 Å². The molecule has 0 spiro atoms. The zero-order chi connectivity index (χ0) is 12.3. The molecular formula is C12H11BrClNOS. The van der Waals surface area contributed by atoms with Gasteiger partial charge in [0.15, 0.2) is 0 Å². The summed E-state index contributed by atoms with van der Waals surface area (Å²) >= 11 is 11.0. The maximum Gasteiger partial charge on any atom is 0.134 e. The highest BCUT2D eigenvalue weighted by Gasteiger charge is 2.01. The highest BCUT2D eigenvalue weighted by atomic mass is 79.9. The van der Waals surface area contributed by atoms with Crippen LogP contribution >= 0.6 is 38.9 Å². The Balaban J connectivity index is 1.87. The van der Waals surface area contributed by atoms with Gasteiger partial charge in [-0.2, -0.15) is 0 Å². The zero-order valence-corrected chi connectivity index (χ0v) is 12.1. The molecule has 2 nitrogen and oxygen atoms in total. The van der Waals surface area contributed by atoms with Gasteiger partial charge in [0.25, 0.3) is 0 Å². The van der Waals surface area contributed by atoms with Crippen molar-refractivity contribution in [1.29, 1.82) is 0 Å². The van der Waals surface area contributed by atoms with Crippen LogP contribution in [-0.2, 0) is 13.1 Å². The van der Waals surface area contributed by atoms with E-state index in [-0.39, 0.29) is 5.75 Å². The smallest absolute Gasteiger partial charge is 0.134 e. The van der Waals surface area contributed by atoms with Crippen molar-refractivity contribution < 1.29 is 5.11 Å². The Bertz CT molecular complexity index is 515. The number of rotatable bonds is 4. The summed E-state index contributed by atoms with van der Waals surface area (Å²) in [6.45, 7) is 1.56. The minimum Gasteiger partial charge on any atom is -0.506 e. The normalized spacial score (nSPS) is 10.7. The number of halogens is 2. The molecule has 0 fully saturated rings. The Hall–Kier alpha value is -0.550. The molecule has 0 atom stereocenters. The standard InChI is InChI=1S/C12H11BrClNOS/c13-9-4-10(17-7-9)6-15-5-8-1-2-12(16)11(14)3-8/h1-4,7,15-16H,5-6H2. The molecule has 17 heavy (non-hydrogen) atoms. The van der Waals surface area contributed by atoms with Gasteiger partial charge >= 0.3 is 0 Å². The molecule has 0 unspecified atom stereocenters. The van der Waals surface area contributed by atoms with Gasteiger partial charge in [0.05, 0.1) is 5.02 Å². The molecule has 90 valence electrons. The summed E-state index contributed by atoms with van der Waals surface area (Å²) in [6.07, 6.45) is 0. The number of nitrogens with one attached hydrogen (secondary N) is 1. The molecule has 1 aromatic heterocycles. The molecule has 0 bridgehead atoms. The van der Waals surface area contributed by atoms with Gasteiger partial charge < -0.3 is 10.4 Å². The van der Waals surface area contributed by atoms with E-state index < -0.39 is 0 Å². The Labute approximate surface area is 117 Å². The molecule has 1 heterocycles. The zero-order valence-electron chi connectivity index (χ0n) is 8.91. The van der Waals surface area contributed by atoms with Crippen molar-refractivity contribution >= 4 is 38.9 Å². The maximum atomic E-state index is 9.29. The first-order chi connectivity index (χ1) is 8.15. The van der Waals surface area contributed by atoms with Crippen LogP contribution in [0.2, 0.25) is 5.02 Å². The van der Waals surface area contributed by atoms with Gasteiger partial charge in [0.1, 0.15) is 5.75 Å². The number of phenolic OH excluding ortho intramolecular Hbond substituents is 1. The van der Waals surface area contributed by atoms with Crippen LogP contribution < -0.4 is 5.32 Å². The number of phenols is 1. The van der Waals surface area contributed by atoms with E-state index >= 15 is 0 Å². The summed E-state index contributed by atoms with van der Waals surface area (Å²) in [7, 11) is 0. The third-order valence-corrected chi connectivity index (χ3v) is 4.26. The Morgan fingerprint density at radius 2 is 2.12 bits per heavy atom. The first-order valence-electron chi connectivity index (χ1n) is 5.06. The highest BCUT2D eigenvalue weighted by Crippen LogP contribution is 2.23. The van der Waals surface area contributed by atoms with Crippen molar-refractivity contribution in [1.82, 2.24) is 5.32 Å². The summed E-state index contributed by atoms with van der Waals surface area (Å²) in [5, 5.41) is 15.1. The molecular weight excluding hydrogens is 322 g/mol. The topological polar surface area (TPSA) is 32.3 Å². The second kappa shape index (κ2) is 5.87. The monoisotopic (exact) mass is 331 g/mol. The second-order valence-corrected chi connectivity index (χ2v) is 5.94. The lowest BCUT2D eigenvalue weighted by Crippen LogP contribution is -2.11. The van der Waals surface area contributed by atoms with Gasteiger partial charge in [-0.3, -0.25) is 0 Å². The molecule has 0 amide bonds. The second-order valence-electron chi connectivity index (χ2n) is 3.62. The van der Waals surface area contributed by atoms with E-state index in [1.54, 1.807) is 23.5 Å². The van der Waals surface area contributed by atoms with Crippen molar-refractivity contribution in [2.24, 2.45) is 0 Å². The minimum atomic E-state index is 0.123. The lowest BCUT2D eigenvalue weighted by molar-refractivity contribution is 0.475. The largest absolute Gasteiger partial charge is 0.506 e. The first-order valence-corrected chi connectivity index (χ1v) is 7.11. The van der Waals surface area contributed by atoms with E-state index in [0.717, 1.165) is 23.1 Å². The van der Waals surface area contributed by atoms with Crippen LogP contribution in [0, 0.1) is 0 Å². The van der Waals surface area contributed by atoms with Crippen molar-refractivity contribution in [2.75, 3.05) is 0 Å². The third-order valence-electron chi connectivity index (χ3n) is 2.26. The van der Waals surface area contributed by atoms with Crippen LogP contribution in [0.15, 0.2) is 34.1 Å². The van der Waals surface area contributed by atoms with E-state index in [9.17, 15) is 5.11 Å². The van der Waals surface area contributed by atoms with Gasteiger partial charge in [-0.15, -0.1) is 11.3 Å². The molecule has 0 radical (unpaired) electrons. The summed E-state index contributed by atoms with van der Waals surface area (Å²) in [5.41, 5.74) is 1.06. The molecule has 0 saturated heterocycles. The summed E-state index contributed by atoms with van der Waals surface area (Å²) in [6, 6.07) is 7.34. The van der Waals surface area contributed by atoms with Crippen LogP contribution in [0.25, 0.3) is 0 Å². The highest BCUT2D eigenvalue weighted by molar-refractivity contribution is 9.10. The van der Waals surface area contributed by atoms with Crippen LogP contribution in [0.1, 0.15) is 10.4 Å². The average Bonchev–Trinajstić information content (AvgIpc) is 2.70. The molecule has 0 aliphatic rings. The summed E-state index contributed by atoms with van der Waals surface area (Å²) in [4.78, 5) is 1.28. The maximum absolute atomic E-state index is 9.29. The quantitative estimate of drug-likeness (QED) is 0.881. The number of hydrogen-bond acceptors (Lipinski definition) is 3. The van der Waals surface area contributed by atoms with Gasteiger partial charge in [0.2, 0.25) is 0 Å². The van der Waals surface area contributed by atoms with Crippen LogP contribution in [0.5, 0.6) is 5.75 Å². The molecule has 0 aliphatic heterocycles. The van der Waals surface area contributed by atoms with Crippen LogP contribution in [0.3, 0.4) is 0 Å². The van der Waals surface area contributed by atoms with E-state index in [4.69, 9.17) is 11.6 Å². The summed E-state index contributed by atoms with van der Waals surface area (Å²) < 4.78 is 1.12. The Kier molecular flexibility index (Phi) is 4.45. The van der Waals surface area contributed by atoms with Crippen LogP contribution in [0.4, 0.5) is 0 Å². The molecule has 1 aromatic carbocycles. The average molecular weight is 333 g/mol. The molecule has 2 rings (SSSR count). The van der Waals surface area contributed by atoms with Crippen LogP contribution in [-0.4, -0.2) is 5.11 Å². The number of benzene rings is 1. The van der Waals surface area contributed by atoms with Gasteiger partial charge in [0, 0.05) is 27.8 Å².